The van der Waals surface area contributed by atoms with Crippen molar-refractivity contribution in [3.63, 3.8) is 0 Å². The van der Waals surface area contributed by atoms with Crippen molar-refractivity contribution < 1.29 is 9.90 Å². The van der Waals surface area contributed by atoms with Gasteiger partial charge in [0.05, 0.1) is 6.10 Å². The van der Waals surface area contributed by atoms with E-state index in [9.17, 15) is 9.90 Å². The lowest BCUT2D eigenvalue weighted by atomic mass is 9.82. The molecule has 0 aromatic heterocycles. The number of carbonyl (C=O) groups is 1. The summed E-state index contributed by atoms with van der Waals surface area (Å²) in [5.41, 5.74) is 2.88. The molecule has 0 atom stereocenters. The van der Waals surface area contributed by atoms with E-state index in [4.69, 9.17) is 0 Å². The number of amides is 1. The van der Waals surface area contributed by atoms with Crippen molar-refractivity contribution in [1.29, 1.82) is 0 Å². The molecular weight excluding hydrogens is 226 g/mol. The molecule has 0 spiro atoms. The first-order valence-electron chi connectivity index (χ1n) is 6.48. The van der Waals surface area contributed by atoms with Gasteiger partial charge in [0.25, 0.3) is 5.91 Å². The highest BCUT2D eigenvalue weighted by atomic mass is 16.3. The second-order valence-corrected chi connectivity index (χ2v) is 5.44. The molecule has 1 aliphatic rings. The van der Waals surface area contributed by atoms with Crippen LogP contribution in [0.2, 0.25) is 0 Å². The highest BCUT2D eigenvalue weighted by molar-refractivity contribution is 5.96. The number of hydrogen-bond donors (Lipinski definition) is 1. The Morgan fingerprint density at radius 1 is 1.33 bits per heavy atom. The molecule has 1 aromatic rings. The molecule has 1 N–H and O–H groups in total. The quantitative estimate of drug-likeness (QED) is 0.889. The molecule has 0 bridgehead atoms. The minimum Gasteiger partial charge on any atom is -0.393 e. The Kier molecular flexibility index (Phi) is 3.71. The molecule has 0 radical (unpaired) electrons. The summed E-state index contributed by atoms with van der Waals surface area (Å²) in [5, 5.41) is 9.27. The maximum Gasteiger partial charge on any atom is 0.254 e. The average Bonchev–Trinajstić information content (AvgIpc) is 2.26. The van der Waals surface area contributed by atoms with Crippen LogP contribution in [0.4, 0.5) is 0 Å². The fourth-order valence-corrected chi connectivity index (χ4v) is 2.66. The molecule has 1 aromatic carbocycles. The van der Waals surface area contributed by atoms with E-state index < -0.39 is 0 Å². The van der Waals surface area contributed by atoms with Gasteiger partial charge in [0.2, 0.25) is 0 Å². The number of nitrogens with zero attached hydrogens (tertiary/aromatic N) is 1. The number of aliphatic hydroxyl groups is 1. The van der Waals surface area contributed by atoms with Gasteiger partial charge in [0, 0.05) is 19.2 Å². The van der Waals surface area contributed by atoms with E-state index in [1.807, 2.05) is 39.1 Å². The summed E-state index contributed by atoms with van der Waals surface area (Å²) >= 11 is 0. The molecule has 1 fully saturated rings. The molecule has 2 rings (SSSR count). The Morgan fingerprint density at radius 2 is 1.89 bits per heavy atom. The van der Waals surface area contributed by atoms with Crippen LogP contribution in [0.5, 0.6) is 0 Å². The smallest absolute Gasteiger partial charge is 0.254 e. The van der Waals surface area contributed by atoms with Gasteiger partial charge in [-0.1, -0.05) is 18.2 Å². The maximum atomic E-state index is 12.4. The van der Waals surface area contributed by atoms with Crippen molar-refractivity contribution in [2.45, 2.75) is 32.8 Å². The second-order valence-electron chi connectivity index (χ2n) is 5.44. The van der Waals surface area contributed by atoms with E-state index in [1.54, 1.807) is 4.90 Å². The van der Waals surface area contributed by atoms with Crippen LogP contribution >= 0.6 is 0 Å². The van der Waals surface area contributed by atoms with Crippen molar-refractivity contribution in [3.05, 3.63) is 34.9 Å². The average molecular weight is 247 g/mol. The van der Waals surface area contributed by atoms with Crippen molar-refractivity contribution >= 4 is 5.91 Å². The Morgan fingerprint density at radius 3 is 2.39 bits per heavy atom. The SMILES string of the molecule is Cc1cccc(C)c1C(=O)N(C)CC1CC(O)C1. The third kappa shape index (κ3) is 2.56. The summed E-state index contributed by atoms with van der Waals surface area (Å²) in [5.74, 6) is 0.547. The summed E-state index contributed by atoms with van der Waals surface area (Å²) in [7, 11) is 1.85. The lowest BCUT2D eigenvalue weighted by Gasteiger charge is -2.34. The van der Waals surface area contributed by atoms with E-state index in [2.05, 4.69) is 0 Å². The van der Waals surface area contributed by atoms with Crippen LogP contribution in [-0.2, 0) is 0 Å². The third-order valence-corrected chi connectivity index (χ3v) is 3.78. The summed E-state index contributed by atoms with van der Waals surface area (Å²) in [6.45, 7) is 4.69. The Labute approximate surface area is 108 Å². The first kappa shape index (κ1) is 13.1. The number of aliphatic hydroxyl groups excluding tert-OH is 1. The monoisotopic (exact) mass is 247 g/mol. The highest BCUT2D eigenvalue weighted by Gasteiger charge is 2.29. The lowest BCUT2D eigenvalue weighted by Crippen LogP contribution is -2.39. The van der Waals surface area contributed by atoms with Crippen molar-refractivity contribution in [2.24, 2.45) is 5.92 Å². The lowest BCUT2D eigenvalue weighted by molar-refractivity contribution is 0.0265. The minimum atomic E-state index is -0.154. The van der Waals surface area contributed by atoms with Gasteiger partial charge in [-0.05, 0) is 43.7 Å². The molecule has 0 unspecified atom stereocenters. The van der Waals surface area contributed by atoms with Crippen LogP contribution in [0.25, 0.3) is 0 Å². The molecule has 1 saturated carbocycles. The van der Waals surface area contributed by atoms with E-state index in [1.165, 1.54) is 0 Å². The molecule has 3 nitrogen and oxygen atoms in total. The first-order valence-corrected chi connectivity index (χ1v) is 6.48. The van der Waals surface area contributed by atoms with Crippen LogP contribution in [0.3, 0.4) is 0 Å². The summed E-state index contributed by atoms with van der Waals surface area (Å²) in [4.78, 5) is 14.2. The summed E-state index contributed by atoms with van der Waals surface area (Å²) in [6, 6.07) is 5.92. The Hall–Kier alpha value is -1.35. The highest BCUT2D eigenvalue weighted by Crippen LogP contribution is 2.28. The standard InChI is InChI=1S/C15H21NO2/c1-10-5-4-6-11(2)14(10)15(18)16(3)9-12-7-13(17)8-12/h4-6,12-13,17H,7-9H2,1-3H3. The van der Waals surface area contributed by atoms with Gasteiger partial charge in [-0.15, -0.1) is 0 Å². The second kappa shape index (κ2) is 5.11. The summed E-state index contributed by atoms with van der Waals surface area (Å²) < 4.78 is 0. The molecule has 1 aliphatic carbocycles. The molecule has 1 amide bonds. The number of rotatable bonds is 3. The van der Waals surface area contributed by atoms with Gasteiger partial charge in [-0.25, -0.2) is 0 Å². The zero-order valence-electron chi connectivity index (χ0n) is 11.3. The predicted molar refractivity (Wildman–Crippen MR) is 71.6 cm³/mol. The number of benzene rings is 1. The van der Waals surface area contributed by atoms with E-state index in [0.717, 1.165) is 36.1 Å². The largest absolute Gasteiger partial charge is 0.393 e. The molecular formula is C15H21NO2. The number of carbonyl (C=O) groups excluding carboxylic acids is 1. The number of hydrogen-bond acceptors (Lipinski definition) is 2. The van der Waals surface area contributed by atoms with Crippen molar-refractivity contribution in [3.8, 4) is 0 Å². The molecule has 0 heterocycles. The molecule has 3 heteroatoms. The molecule has 0 saturated heterocycles. The third-order valence-electron chi connectivity index (χ3n) is 3.78. The fraction of sp³-hybridized carbons (Fsp3) is 0.533. The molecule has 18 heavy (non-hydrogen) atoms. The van der Waals surface area contributed by atoms with Crippen LogP contribution in [0, 0.1) is 19.8 Å². The Balaban J connectivity index is 2.06. The van der Waals surface area contributed by atoms with Gasteiger partial charge in [0.15, 0.2) is 0 Å². The van der Waals surface area contributed by atoms with Gasteiger partial charge < -0.3 is 10.0 Å². The molecule has 98 valence electrons. The van der Waals surface area contributed by atoms with Crippen LogP contribution in [0.1, 0.15) is 34.3 Å². The minimum absolute atomic E-state index is 0.0898. The van der Waals surface area contributed by atoms with Crippen LogP contribution in [0.15, 0.2) is 18.2 Å². The van der Waals surface area contributed by atoms with Gasteiger partial charge in [-0.3, -0.25) is 4.79 Å². The van der Waals surface area contributed by atoms with Crippen LogP contribution in [-0.4, -0.2) is 35.6 Å². The molecule has 0 aliphatic heterocycles. The number of aryl methyl sites for hydroxylation is 2. The first-order chi connectivity index (χ1) is 8.49. The topological polar surface area (TPSA) is 40.5 Å². The van der Waals surface area contributed by atoms with Crippen molar-refractivity contribution in [2.75, 3.05) is 13.6 Å². The zero-order chi connectivity index (χ0) is 13.3. The van der Waals surface area contributed by atoms with Crippen LogP contribution < -0.4 is 0 Å². The fourth-order valence-electron chi connectivity index (χ4n) is 2.66. The van der Waals surface area contributed by atoms with E-state index in [0.29, 0.717) is 5.92 Å². The normalized spacial score (nSPS) is 22.4. The van der Waals surface area contributed by atoms with Gasteiger partial charge >= 0.3 is 0 Å². The predicted octanol–water partition coefficient (Wildman–Crippen LogP) is 2.15. The van der Waals surface area contributed by atoms with Crippen molar-refractivity contribution in [1.82, 2.24) is 4.90 Å². The van der Waals surface area contributed by atoms with Gasteiger partial charge in [0.1, 0.15) is 0 Å². The van der Waals surface area contributed by atoms with E-state index >= 15 is 0 Å². The maximum absolute atomic E-state index is 12.4. The summed E-state index contributed by atoms with van der Waals surface area (Å²) in [6.07, 6.45) is 1.49. The Bertz CT molecular complexity index is 430. The van der Waals surface area contributed by atoms with Gasteiger partial charge in [-0.2, -0.15) is 0 Å². The zero-order valence-corrected chi connectivity index (χ0v) is 11.3. The van der Waals surface area contributed by atoms with E-state index in [-0.39, 0.29) is 12.0 Å².